The number of ether oxygens (including phenoxy) is 1. The van der Waals surface area contributed by atoms with Crippen molar-refractivity contribution in [3.63, 3.8) is 0 Å². The third-order valence-electron chi connectivity index (χ3n) is 10.6. The summed E-state index contributed by atoms with van der Waals surface area (Å²) in [7, 11) is 0. The van der Waals surface area contributed by atoms with Gasteiger partial charge in [-0.25, -0.2) is 0 Å². The average molecular weight is 636 g/mol. The van der Waals surface area contributed by atoms with Crippen LogP contribution >= 0.6 is 0 Å². The van der Waals surface area contributed by atoms with Crippen molar-refractivity contribution in [2.24, 2.45) is 0 Å². The molecule has 0 N–H and O–H groups in total. The van der Waals surface area contributed by atoms with E-state index in [9.17, 15) is 0 Å². The van der Waals surface area contributed by atoms with Gasteiger partial charge in [-0.05, 0) is 74.3 Å². The average Bonchev–Trinajstić information content (AvgIpc) is 3.54. The first-order chi connectivity index (χ1) is 24.8. The van der Waals surface area contributed by atoms with Gasteiger partial charge in [0, 0.05) is 38.2 Å². The van der Waals surface area contributed by atoms with E-state index in [1.807, 2.05) is 0 Å². The summed E-state index contributed by atoms with van der Waals surface area (Å²) in [6, 6.07) is 63.8. The Labute approximate surface area is 289 Å². The molecule has 0 fully saturated rings. The lowest BCUT2D eigenvalue weighted by atomic mass is 9.90. The molecule has 1 aliphatic heterocycles. The van der Waals surface area contributed by atoms with Crippen LogP contribution in [0.1, 0.15) is 0 Å². The Morgan fingerprint density at radius 1 is 0.340 bits per heavy atom. The number of hydrogen-bond donors (Lipinski definition) is 0. The number of aromatic nitrogens is 1. The van der Waals surface area contributed by atoms with Crippen molar-refractivity contribution in [2.45, 2.75) is 0 Å². The van der Waals surface area contributed by atoms with Crippen LogP contribution in [0.4, 0.5) is 0 Å². The predicted octanol–water partition coefficient (Wildman–Crippen LogP) is 13.3. The van der Waals surface area contributed by atoms with Gasteiger partial charge < -0.3 is 9.30 Å². The Balaban J connectivity index is 1.08. The Hall–Kier alpha value is -6.64. The van der Waals surface area contributed by atoms with Crippen LogP contribution in [0.15, 0.2) is 176 Å². The van der Waals surface area contributed by atoms with E-state index in [-0.39, 0.29) is 0 Å². The maximum Gasteiger partial charge on any atom is 0.135 e. The van der Waals surface area contributed by atoms with Gasteiger partial charge in [0.1, 0.15) is 11.5 Å². The molecule has 2 heterocycles. The van der Waals surface area contributed by atoms with Gasteiger partial charge >= 0.3 is 0 Å². The first-order valence-electron chi connectivity index (χ1n) is 17.2. The van der Waals surface area contributed by atoms with Crippen LogP contribution in [0.25, 0.3) is 93.2 Å². The van der Waals surface area contributed by atoms with Crippen molar-refractivity contribution in [2.75, 3.05) is 0 Å². The fraction of sp³-hybridized carbons (Fsp3) is 0. The van der Waals surface area contributed by atoms with E-state index in [1.165, 1.54) is 81.9 Å². The maximum atomic E-state index is 6.42. The molecule has 1 aromatic heterocycles. The van der Waals surface area contributed by atoms with Gasteiger partial charge in [-0.15, -0.1) is 0 Å². The standard InChI is InChI=1S/C48H29NO/c1-3-15-38-30(9-1)21-26-41-42-27-22-31-10-2-4-16-39(31)48(42)49(47(38)41)35-24-19-32(20-25-35)36-13-5-6-14-37(36)34-23-28-44-43(29-34)40-17-7-11-33-12-8-18-45(50-44)46(33)40/h1-29H. The van der Waals surface area contributed by atoms with Crippen molar-refractivity contribution in [1.82, 2.24) is 4.57 Å². The summed E-state index contributed by atoms with van der Waals surface area (Å²) in [5.74, 6) is 1.82. The van der Waals surface area contributed by atoms with Crippen molar-refractivity contribution >= 4 is 54.1 Å². The molecule has 9 aromatic carbocycles. The lowest BCUT2D eigenvalue weighted by Crippen LogP contribution is -1.97. The molecular weight excluding hydrogens is 607 g/mol. The van der Waals surface area contributed by atoms with E-state index < -0.39 is 0 Å². The van der Waals surface area contributed by atoms with Crippen molar-refractivity contribution in [3.8, 4) is 50.6 Å². The zero-order valence-corrected chi connectivity index (χ0v) is 27.1. The molecule has 0 amide bonds. The molecule has 0 saturated heterocycles. The molecule has 11 rings (SSSR count). The number of hydrogen-bond acceptors (Lipinski definition) is 1. The number of fused-ring (bicyclic) bond motifs is 9. The van der Waals surface area contributed by atoms with Crippen LogP contribution in [0.3, 0.4) is 0 Å². The summed E-state index contributed by atoms with van der Waals surface area (Å²) in [6.45, 7) is 0. The molecule has 0 bridgehead atoms. The number of rotatable bonds is 3. The predicted molar refractivity (Wildman–Crippen MR) is 210 cm³/mol. The molecule has 2 heteroatoms. The van der Waals surface area contributed by atoms with E-state index in [2.05, 4.69) is 180 Å². The van der Waals surface area contributed by atoms with Gasteiger partial charge in [0.25, 0.3) is 0 Å². The first kappa shape index (κ1) is 27.3. The van der Waals surface area contributed by atoms with Crippen molar-refractivity contribution in [3.05, 3.63) is 176 Å². The van der Waals surface area contributed by atoms with Gasteiger partial charge in [0.2, 0.25) is 0 Å². The van der Waals surface area contributed by atoms with Crippen LogP contribution in [-0.4, -0.2) is 4.57 Å². The molecule has 232 valence electrons. The summed E-state index contributed by atoms with van der Waals surface area (Å²) < 4.78 is 8.90. The summed E-state index contributed by atoms with van der Waals surface area (Å²) in [5, 5.41) is 9.92. The minimum atomic E-state index is 0.896. The molecule has 0 spiro atoms. The first-order valence-corrected chi connectivity index (χ1v) is 17.2. The Morgan fingerprint density at radius 2 is 0.900 bits per heavy atom. The maximum absolute atomic E-state index is 6.42. The monoisotopic (exact) mass is 635 g/mol. The summed E-state index contributed by atoms with van der Waals surface area (Å²) in [5.41, 5.74) is 10.7. The molecule has 2 nitrogen and oxygen atoms in total. The molecule has 50 heavy (non-hydrogen) atoms. The van der Waals surface area contributed by atoms with Gasteiger partial charge in [0.05, 0.1) is 11.0 Å². The summed E-state index contributed by atoms with van der Waals surface area (Å²) in [4.78, 5) is 0. The highest BCUT2D eigenvalue weighted by Crippen LogP contribution is 2.48. The normalized spacial score (nSPS) is 12.2. The summed E-state index contributed by atoms with van der Waals surface area (Å²) in [6.07, 6.45) is 0. The Kier molecular flexibility index (Phi) is 5.70. The number of nitrogens with zero attached hydrogens (tertiary/aromatic N) is 1. The fourth-order valence-corrected chi connectivity index (χ4v) is 8.30. The smallest absolute Gasteiger partial charge is 0.135 e. The molecule has 0 unspecified atom stereocenters. The number of benzene rings is 9. The molecular formula is C48H29NO. The van der Waals surface area contributed by atoms with E-state index in [1.54, 1.807) is 0 Å². The van der Waals surface area contributed by atoms with Crippen LogP contribution in [0.2, 0.25) is 0 Å². The van der Waals surface area contributed by atoms with Crippen LogP contribution in [0.5, 0.6) is 11.5 Å². The highest BCUT2D eigenvalue weighted by Gasteiger charge is 2.21. The minimum absolute atomic E-state index is 0.896. The molecule has 0 saturated carbocycles. The van der Waals surface area contributed by atoms with Gasteiger partial charge in [0.15, 0.2) is 0 Å². The lowest BCUT2D eigenvalue weighted by Gasteiger charge is -2.22. The molecule has 0 radical (unpaired) electrons. The summed E-state index contributed by atoms with van der Waals surface area (Å²) >= 11 is 0. The third-order valence-corrected chi connectivity index (χ3v) is 10.6. The Morgan fingerprint density at radius 3 is 1.60 bits per heavy atom. The Bertz CT molecular complexity index is 2900. The van der Waals surface area contributed by atoms with E-state index in [0.29, 0.717) is 0 Å². The lowest BCUT2D eigenvalue weighted by molar-refractivity contribution is 0.487. The highest BCUT2D eigenvalue weighted by atomic mass is 16.5. The molecule has 10 aromatic rings. The zero-order chi connectivity index (χ0) is 32.8. The van der Waals surface area contributed by atoms with E-state index in [4.69, 9.17) is 4.74 Å². The van der Waals surface area contributed by atoms with Crippen LogP contribution in [0, 0.1) is 0 Å². The van der Waals surface area contributed by atoms with Gasteiger partial charge in [-0.2, -0.15) is 0 Å². The zero-order valence-electron chi connectivity index (χ0n) is 27.1. The second-order valence-electron chi connectivity index (χ2n) is 13.3. The van der Waals surface area contributed by atoms with Crippen LogP contribution in [-0.2, 0) is 0 Å². The second-order valence-corrected chi connectivity index (χ2v) is 13.3. The molecule has 0 aliphatic carbocycles. The van der Waals surface area contributed by atoms with Gasteiger partial charge in [-0.1, -0.05) is 146 Å². The SMILES string of the molecule is c1ccc(-c2ccc3c(c2)-c2cccc4cccc(c24)O3)c(-c2ccc(-n3c4c5ccccc5ccc4c4ccc5ccccc5c43)cc2)c1. The quantitative estimate of drug-likeness (QED) is 0.188. The van der Waals surface area contributed by atoms with Gasteiger partial charge in [-0.3, -0.25) is 0 Å². The fourth-order valence-electron chi connectivity index (χ4n) is 8.30. The minimum Gasteiger partial charge on any atom is -0.456 e. The third kappa shape index (κ3) is 3.90. The molecule has 1 aliphatic rings. The van der Waals surface area contributed by atoms with Crippen LogP contribution < -0.4 is 4.74 Å². The second kappa shape index (κ2) is 10.4. The van der Waals surface area contributed by atoms with Crippen molar-refractivity contribution in [1.29, 1.82) is 0 Å². The largest absolute Gasteiger partial charge is 0.456 e. The topological polar surface area (TPSA) is 14.2 Å². The van der Waals surface area contributed by atoms with E-state index >= 15 is 0 Å². The molecule has 0 atom stereocenters. The highest BCUT2D eigenvalue weighted by molar-refractivity contribution is 6.23. The van der Waals surface area contributed by atoms with E-state index in [0.717, 1.165) is 22.7 Å². The van der Waals surface area contributed by atoms with Crippen molar-refractivity contribution < 1.29 is 4.74 Å².